The van der Waals surface area contributed by atoms with Crippen molar-refractivity contribution in [2.75, 3.05) is 18.0 Å². The first-order chi connectivity index (χ1) is 10.4. The summed E-state index contributed by atoms with van der Waals surface area (Å²) in [7, 11) is 0. The highest BCUT2D eigenvalue weighted by Crippen LogP contribution is 2.27. The van der Waals surface area contributed by atoms with Gasteiger partial charge in [-0.3, -0.25) is 4.90 Å². The quantitative estimate of drug-likeness (QED) is 0.485. The van der Waals surface area contributed by atoms with Crippen LogP contribution in [0, 0.1) is 0 Å². The largest absolute Gasteiger partial charge is 0.443 e. The molecule has 118 valence electrons. The summed E-state index contributed by atoms with van der Waals surface area (Å²) in [5.74, 6) is 0.666. The number of hydrogen-bond donors (Lipinski definition) is 0. The zero-order valence-electron chi connectivity index (χ0n) is 13.2. The maximum absolute atomic E-state index is 12.3. The molecular formula is C15H21N5O2. The molecule has 0 aliphatic carbocycles. The number of hydrogen-bond acceptors (Lipinski definition) is 4. The molecule has 0 unspecified atom stereocenters. The van der Waals surface area contributed by atoms with Gasteiger partial charge in [-0.25, -0.2) is 9.78 Å². The molecule has 0 saturated heterocycles. The van der Waals surface area contributed by atoms with Crippen molar-refractivity contribution in [2.24, 2.45) is 5.11 Å². The Morgan fingerprint density at radius 1 is 1.50 bits per heavy atom. The zero-order chi connectivity index (χ0) is 16.2. The second-order valence-corrected chi connectivity index (χ2v) is 6.23. The minimum Gasteiger partial charge on any atom is -0.443 e. The second kappa shape index (κ2) is 6.66. The molecule has 2 rings (SSSR count). The molecule has 1 aromatic rings. The second-order valence-electron chi connectivity index (χ2n) is 6.23. The molecule has 7 heteroatoms. The molecule has 0 atom stereocenters. The lowest BCUT2D eigenvalue weighted by molar-refractivity contribution is 0.0576. The van der Waals surface area contributed by atoms with Gasteiger partial charge < -0.3 is 4.74 Å². The van der Waals surface area contributed by atoms with Crippen molar-refractivity contribution in [3.05, 3.63) is 33.8 Å². The fourth-order valence-electron chi connectivity index (χ4n) is 2.32. The number of amides is 1. The van der Waals surface area contributed by atoms with E-state index in [1.807, 2.05) is 32.9 Å². The number of carbonyl (C=O) groups is 1. The van der Waals surface area contributed by atoms with Crippen LogP contribution in [0.3, 0.4) is 0 Å². The van der Waals surface area contributed by atoms with E-state index in [1.165, 1.54) is 0 Å². The van der Waals surface area contributed by atoms with E-state index in [4.69, 9.17) is 10.3 Å². The fourth-order valence-corrected chi connectivity index (χ4v) is 2.32. The van der Waals surface area contributed by atoms with Gasteiger partial charge in [-0.2, -0.15) is 0 Å². The van der Waals surface area contributed by atoms with E-state index in [-0.39, 0.29) is 6.09 Å². The molecule has 22 heavy (non-hydrogen) atoms. The van der Waals surface area contributed by atoms with Gasteiger partial charge in [0.15, 0.2) is 0 Å². The lowest BCUT2D eigenvalue weighted by Gasteiger charge is -2.31. The summed E-state index contributed by atoms with van der Waals surface area (Å²) >= 11 is 0. The van der Waals surface area contributed by atoms with Crippen LogP contribution in [0.5, 0.6) is 0 Å². The van der Waals surface area contributed by atoms with E-state index in [2.05, 4.69) is 15.0 Å². The third-order valence-corrected chi connectivity index (χ3v) is 3.24. The van der Waals surface area contributed by atoms with E-state index in [1.54, 1.807) is 4.90 Å². The summed E-state index contributed by atoms with van der Waals surface area (Å²) < 4.78 is 5.45. The highest BCUT2D eigenvalue weighted by molar-refractivity contribution is 5.88. The predicted octanol–water partition coefficient (Wildman–Crippen LogP) is 3.62. The lowest BCUT2D eigenvalue weighted by atomic mass is 10.1. The van der Waals surface area contributed by atoms with E-state index < -0.39 is 5.60 Å². The molecule has 2 heterocycles. The molecule has 0 radical (unpaired) electrons. The molecule has 1 amide bonds. The van der Waals surface area contributed by atoms with Crippen molar-refractivity contribution >= 4 is 11.9 Å². The van der Waals surface area contributed by atoms with Gasteiger partial charge in [-0.15, -0.1) is 0 Å². The summed E-state index contributed by atoms with van der Waals surface area (Å²) in [4.78, 5) is 21.2. The maximum Gasteiger partial charge on any atom is 0.416 e. The molecule has 1 aliphatic rings. The number of nitrogens with zero attached hydrogens (tertiary/aromatic N) is 5. The Morgan fingerprint density at radius 2 is 2.27 bits per heavy atom. The van der Waals surface area contributed by atoms with Crippen LogP contribution in [0.2, 0.25) is 0 Å². The number of carbonyl (C=O) groups excluding carboxylic acids is 1. The number of fused-ring (bicyclic) bond motifs is 1. The van der Waals surface area contributed by atoms with Gasteiger partial charge in [0.25, 0.3) is 0 Å². The SMILES string of the molecule is CC(C)(C)OC(=O)N1CCCc2ccc(CCN=[N+]=[N-])nc21. The van der Waals surface area contributed by atoms with Crippen LogP contribution >= 0.6 is 0 Å². The van der Waals surface area contributed by atoms with Gasteiger partial charge in [-0.1, -0.05) is 11.2 Å². The third-order valence-electron chi connectivity index (χ3n) is 3.24. The first kappa shape index (κ1) is 16.1. The summed E-state index contributed by atoms with van der Waals surface area (Å²) in [5.41, 5.74) is 9.65. The van der Waals surface area contributed by atoms with Crippen LogP contribution in [-0.2, 0) is 17.6 Å². The first-order valence-electron chi connectivity index (χ1n) is 7.41. The van der Waals surface area contributed by atoms with Crippen LogP contribution in [0.25, 0.3) is 10.4 Å². The number of ether oxygens (including phenoxy) is 1. The number of pyridine rings is 1. The molecule has 1 aliphatic heterocycles. The number of aromatic nitrogens is 1. The monoisotopic (exact) mass is 303 g/mol. The topological polar surface area (TPSA) is 91.2 Å². The Balaban J connectivity index is 2.21. The first-order valence-corrected chi connectivity index (χ1v) is 7.41. The lowest BCUT2D eigenvalue weighted by Crippen LogP contribution is -2.40. The third kappa shape index (κ3) is 4.11. The van der Waals surface area contributed by atoms with Gasteiger partial charge in [0, 0.05) is 23.7 Å². The van der Waals surface area contributed by atoms with Gasteiger partial charge in [0.1, 0.15) is 11.4 Å². The Labute approximate surface area is 129 Å². The summed E-state index contributed by atoms with van der Waals surface area (Å²) in [6.07, 6.45) is 1.98. The molecule has 1 aromatic heterocycles. The number of rotatable bonds is 3. The van der Waals surface area contributed by atoms with Crippen LogP contribution in [0.15, 0.2) is 17.2 Å². The zero-order valence-corrected chi connectivity index (χ0v) is 13.2. The highest BCUT2D eigenvalue weighted by atomic mass is 16.6. The number of aryl methyl sites for hydroxylation is 1. The van der Waals surface area contributed by atoms with Crippen LogP contribution in [-0.4, -0.2) is 29.8 Å². The van der Waals surface area contributed by atoms with Gasteiger partial charge >= 0.3 is 6.09 Å². The van der Waals surface area contributed by atoms with E-state index >= 15 is 0 Å². The highest BCUT2D eigenvalue weighted by Gasteiger charge is 2.28. The van der Waals surface area contributed by atoms with Crippen LogP contribution in [0.1, 0.15) is 38.4 Å². The predicted molar refractivity (Wildman–Crippen MR) is 83.9 cm³/mol. The minimum atomic E-state index is -0.534. The molecule has 0 N–H and O–H groups in total. The number of azide groups is 1. The summed E-state index contributed by atoms with van der Waals surface area (Å²) in [6, 6.07) is 3.91. The van der Waals surface area contributed by atoms with E-state index in [9.17, 15) is 4.79 Å². The summed E-state index contributed by atoms with van der Waals surface area (Å²) in [6.45, 7) is 6.50. The van der Waals surface area contributed by atoms with Crippen molar-refractivity contribution in [3.63, 3.8) is 0 Å². The standard InChI is InChI=1S/C15H21N5O2/c1-15(2,3)22-14(21)20-10-4-5-11-6-7-12(18-13(11)20)8-9-17-19-16/h6-7H,4-5,8-10H2,1-3H3. The molecule has 0 fully saturated rings. The van der Waals surface area contributed by atoms with Crippen molar-refractivity contribution in [3.8, 4) is 0 Å². The van der Waals surface area contributed by atoms with Gasteiger partial charge in [0.2, 0.25) is 0 Å². The minimum absolute atomic E-state index is 0.356. The Hall–Kier alpha value is -2.27. The number of anilines is 1. The molecule has 0 saturated carbocycles. The van der Waals surface area contributed by atoms with Crippen molar-refractivity contribution in [1.82, 2.24) is 4.98 Å². The smallest absolute Gasteiger partial charge is 0.416 e. The van der Waals surface area contributed by atoms with Crippen LogP contribution in [0.4, 0.5) is 10.6 Å². The van der Waals surface area contributed by atoms with Gasteiger partial charge in [0.05, 0.1) is 0 Å². The van der Waals surface area contributed by atoms with Crippen molar-refractivity contribution in [2.45, 2.75) is 45.6 Å². The molecule has 0 spiro atoms. The Morgan fingerprint density at radius 3 is 2.95 bits per heavy atom. The average Bonchev–Trinajstić information content (AvgIpc) is 2.45. The molecular weight excluding hydrogens is 282 g/mol. The summed E-state index contributed by atoms with van der Waals surface area (Å²) in [5, 5.41) is 3.52. The van der Waals surface area contributed by atoms with E-state index in [0.717, 1.165) is 24.1 Å². The Bertz CT molecular complexity index is 602. The van der Waals surface area contributed by atoms with Crippen molar-refractivity contribution < 1.29 is 9.53 Å². The average molecular weight is 303 g/mol. The van der Waals surface area contributed by atoms with E-state index in [0.29, 0.717) is 25.3 Å². The normalized spacial score (nSPS) is 14.0. The van der Waals surface area contributed by atoms with Gasteiger partial charge in [-0.05, 0) is 57.2 Å². The molecule has 7 nitrogen and oxygen atoms in total. The van der Waals surface area contributed by atoms with Crippen molar-refractivity contribution in [1.29, 1.82) is 0 Å². The maximum atomic E-state index is 12.3. The molecule has 0 aromatic carbocycles. The van der Waals surface area contributed by atoms with Crippen LogP contribution < -0.4 is 4.90 Å². The molecule has 0 bridgehead atoms. The Kier molecular flexibility index (Phi) is 4.88. The fraction of sp³-hybridized carbons (Fsp3) is 0.600.